The maximum atomic E-state index is 11.5. The van der Waals surface area contributed by atoms with Crippen molar-refractivity contribution in [1.29, 1.82) is 0 Å². The maximum absolute atomic E-state index is 11.5. The van der Waals surface area contributed by atoms with Gasteiger partial charge in [0.25, 0.3) is 5.91 Å². The van der Waals surface area contributed by atoms with Crippen LogP contribution in [0.3, 0.4) is 0 Å². The molecule has 0 spiro atoms. The molecule has 94 valence electrons. The summed E-state index contributed by atoms with van der Waals surface area (Å²) in [6.45, 7) is 0.600. The van der Waals surface area contributed by atoms with E-state index < -0.39 is 12.0 Å². The molecule has 6 nitrogen and oxygen atoms in total. The van der Waals surface area contributed by atoms with Crippen molar-refractivity contribution >= 4 is 5.91 Å². The largest absolute Gasteiger partial charge is 0.504 e. The second-order valence-electron chi connectivity index (χ2n) is 3.41. The lowest BCUT2D eigenvalue weighted by Crippen LogP contribution is -2.33. The first-order valence-electron chi connectivity index (χ1n) is 5.13. The minimum absolute atomic E-state index is 0.0502. The van der Waals surface area contributed by atoms with Gasteiger partial charge < -0.3 is 26.0 Å². The van der Waals surface area contributed by atoms with Crippen molar-refractivity contribution in [3.05, 3.63) is 23.8 Å². The zero-order valence-electron chi connectivity index (χ0n) is 9.51. The fourth-order valence-electron chi connectivity index (χ4n) is 1.31. The van der Waals surface area contributed by atoms with Gasteiger partial charge in [-0.25, -0.2) is 0 Å². The van der Waals surface area contributed by atoms with E-state index in [0.29, 0.717) is 18.7 Å². The van der Waals surface area contributed by atoms with Gasteiger partial charge in [0.15, 0.2) is 17.6 Å². The average Bonchev–Trinajstić information content (AvgIpc) is 2.35. The lowest BCUT2D eigenvalue weighted by molar-refractivity contribution is -0.129. The van der Waals surface area contributed by atoms with Crippen molar-refractivity contribution in [3.63, 3.8) is 0 Å². The smallest absolute Gasteiger partial charge is 0.253 e. The number of nitrogens with two attached hydrogens (primary N) is 1. The van der Waals surface area contributed by atoms with Crippen LogP contribution >= 0.6 is 0 Å². The van der Waals surface area contributed by atoms with E-state index in [1.54, 1.807) is 0 Å². The number of aliphatic hydroxyl groups excluding tert-OH is 1. The Morgan fingerprint density at radius 3 is 2.88 bits per heavy atom. The number of hydrogen-bond donors (Lipinski definition) is 4. The zero-order chi connectivity index (χ0) is 12.8. The summed E-state index contributed by atoms with van der Waals surface area (Å²) in [5.74, 6) is -0.387. The molecule has 0 aliphatic carbocycles. The Morgan fingerprint density at radius 1 is 1.59 bits per heavy atom. The normalized spacial score (nSPS) is 11.9. The van der Waals surface area contributed by atoms with Gasteiger partial charge in [0.2, 0.25) is 0 Å². The van der Waals surface area contributed by atoms with E-state index in [2.05, 4.69) is 5.32 Å². The Morgan fingerprint density at radius 2 is 2.29 bits per heavy atom. The van der Waals surface area contributed by atoms with Gasteiger partial charge in [0.05, 0.1) is 7.11 Å². The number of aliphatic hydroxyl groups is 1. The molecular formula is C11H16N2O4. The van der Waals surface area contributed by atoms with E-state index in [4.69, 9.17) is 10.5 Å². The Bertz CT molecular complexity index is 395. The molecule has 0 aliphatic rings. The highest BCUT2D eigenvalue weighted by Gasteiger charge is 2.18. The first kappa shape index (κ1) is 13.3. The van der Waals surface area contributed by atoms with Crippen LogP contribution in [0.25, 0.3) is 0 Å². The highest BCUT2D eigenvalue weighted by atomic mass is 16.5. The Kier molecular flexibility index (Phi) is 4.74. The summed E-state index contributed by atoms with van der Waals surface area (Å²) in [6, 6.07) is 4.21. The summed E-state index contributed by atoms with van der Waals surface area (Å²) in [5, 5.41) is 21.6. The number of methoxy groups -OCH3 is 1. The molecule has 6 heteroatoms. The van der Waals surface area contributed by atoms with E-state index in [9.17, 15) is 15.0 Å². The first-order chi connectivity index (χ1) is 8.10. The molecule has 17 heavy (non-hydrogen) atoms. The van der Waals surface area contributed by atoms with Gasteiger partial charge in [0.1, 0.15) is 0 Å². The molecule has 0 aromatic heterocycles. The maximum Gasteiger partial charge on any atom is 0.253 e. The molecular weight excluding hydrogens is 224 g/mol. The lowest BCUT2D eigenvalue weighted by Gasteiger charge is -2.12. The van der Waals surface area contributed by atoms with Crippen molar-refractivity contribution in [1.82, 2.24) is 5.32 Å². The minimum atomic E-state index is -1.31. The predicted octanol–water partition coefficient (Wildman–Crippen LogP) is -0.491. The highest BCUT2D eigenvalue weighted by Crippen LogP contribution is 2.28. The molecule has 0 fully saturated rings. The first-order valence-corrected chi connectivity index (χ1v) is 5.13. The quantitative estimate of drug-likeness (QED) is 0.556. The van der Waals surface area contributed by atoms with Gasteiger partial charge in [-0.2, -0.15) is 0 Å². The van der Waals surface area contributed by atoms with E-state index in [-0.39, 0.29) is 11.5 Å². The van der Waals surface area contributed by atoms with Gasteiger partial charge in [-0.3, -0.25) is 4.79 Å². The second-order valence-corrected chi connectivity index (χ2v) is 3.41. The van der Waals surface area contributed by atoms with Gasteiger partial charge in [0, 0.05) is 13.1 Å². The van der Waals surface area contributed by atoms with Crippen LogP contribution in [0.5, 0.6) is 11.5 Å². The predicted molar refractivity (Wildman–Crippen MR) is 61.7 cm³/mol. The molecule has 1 rings (SSSR count). The molecule has 0 saturated carbocycles. The van der Waals surface area contributed by atoms with Gasteiger partial charge in [-0.1, -0.05) is 6.07 Å². The highest BCUT2D eigenvalue weighted by molar-refractivity contribution is 5.82. The topological polar surface area (TPSA) is 105 Å². The number of amides is 1. The van der Waals surface area contributed by atoms with Crippen molar-refractivity contribution in [2.24, 2.45) is 5.73 Å². The number of aromatic hydroxyl groups is 1. The number of carbonyl (C=O) groups is 1. The summed E-state index contributed by atoms with van der Waals surface area (Å²) in [7, 11) is 1.39. The van der Waals surface area contributed by atoms with E-state index in [1.165, 1.54) is 25.3 Å². The molecule has 0 radical (unpaired) electrons. The molecule has 1 aromatic carbocycles. The van der Waals surface area contributed by atoms with Gasteiger partial charge in [-0.05, 0) is 17.7 Å². The minimum Gasteiger partial charge on any atom is -0.504 e. The third-order valence-corrected chi connectivity index (χ3v) is 2.21. The van der Waals surface area contributed by atoms with Crippen LogP contribution in [-0.2, 0) is 4.79 Å². The second kappa shape index (κ2) is 6.07. The monoisotopic (exact) mass is 240 g/mol. The van der Waals surface area contributed by atoms with Crippen molar-refractivity contribution in [3.8, 4) is 11.5 Å². The number of carbonyl (C=O) groups excluding carboxylic acids is 1. The fourth-order valence-corrected chi connectivity index (χ4v) is 1.31. The fraction of sp³-hybridized carbons (Fsp3) is 0.364. The van der Waals surface area contributed by atoms with Crippen molar-refractivity contribution < 1.29 is 19.7 Å². The lowest BCUT2D eigenvalue weighted by atomic mass is 10.1. The van der Waals surface area contributed by atoms with Crippen LogP contribution in [-0.4, -0.2) is 36.3 Å². The van der Waals surface area contributed by atoms with Crippen LogP contribution in [0.1, 0.15) is 11.7 Å². The molecule has 0 heterocycles. The zero-order valence-corrected chi connectivity index (χ0v) is 9.51. The van der Waals surface area contributed by atoms with E-state index >= 15 is 0 Å². The van der Waals surface area contributed by atoms with Crippen LogP contribution < -0.4 is 15.8 Å². The standard InChI is InChI=1S/C11H16N2O4/c1-17-9-6-7(2-3-8(9)14)10(15)11(16)13-5-4-12/h2-3,6,10,14-15H,4-5,12H2,1H3,(H,13,16). The van der Waals surface area contributed by atoms with Gasteiger partial charge in [-0.15, -0.1) is 0 Å². The summed E-state index contributed by atoms with van der Waals surface area (Å²) in [5.41, 5.74) is 5.57. The number of rotatable bonds is 5. The third kappa shape index (κ3) is 3.33. The van der Waals surface area contributed by atoms with Gasteiger partial charge >= 0.3 is 0 Å². The number of hydrogen-bond acceptors (Lipinski definition) is 5. The number of nitrogens with one attached hydrogen (secondary N) is 1. The third-order valence-electron chi connectivity index (χ3n) is 2.21. The number of phenols is 1. The molecule has 1 aromatic rings. The summed E-state index contributed by atoms with van der Waals surface area (Å²) in [6.07, 6.45) is -1.31. The molecule has 1 atom stereocenters. The SMILES string of the molecule is COc1cc(C(O)C(=O)NCCN)ccc1O. The van der Waals surface area contributed by atoms with Crippen LogP contribution in [0.2, 0.25) is 0 Å². The molecule has 5 N–H and O–H groups in total. The molecule has 1 amide bonds. The Labute approximate surface area is 99.0 Å². The van der Waals surface area contributed by atoms with E-state index in [0.717, 1.165) is 0 Å². The summed E-state index contributed by atoms with van der Waals surface area (Å²) < 4.78 is 4.88. The molecule has 0 bridgehead atoms. The Balaban J connectivity index is 2.81. The van der Waals surface area contributed by atoms with E-state index in [1.807, 2.05) is 0 Å². The Hall–Kier alpha value is -1.79. The van der Waals surface area contributed by atoms with Crippen molar-refractivity contribution in [2.75, 3.05) is 20.2 Å². The number of phenolic OH excluding ortho intramolecular Hbond substituents is 1. The number of benzene rings is 1. The molecule has 1 unspecified atom stereocenters. The van der Waals surface area contributed by atoms with Crippen LogP contribution in [0.15, 0.2) is 18.2 Å². The average molecular weight is 240 g/mol. The summed E-state index contributed by atoms with van der Waals surface area (Å²) >= 11 is 0. The summed E-state index contributed by atoms with van der Waals surface area (Å²) in [4.78, 5) is 11.5. The van der Waals surface area contributed by atoms with Crippen LogP contribution in [0.4, 0.5) is 0 Å². The molecule has 0 saturated heterocycles. The number of ether oxygens (including phenoxy) is 1. The molecule has 0 aliphatic heterocycles. The van der Waals surface area contributed by atoms with Crippen molar-refractivity contribution in [2.45, 2.75) is 6.10 Å². The van der Waals surface area contributed by atoms with Crippen LogP contribution in [0, 0.1) is 0 Å².